The van der Waals surface area contributed by atoms with Gasteiger partial charge in [-0.3, -0.25) is 9.88 Å². The Morgan fingerprint density at radius 2 is 1.76 bits per heavy atom. The molecule has 2 unspecified atom stereocenters. The second-order valence-electron chi connectivity index (χ2n) is 11.1. The van der Waals surface area contributed by atoms with Crippen LogP contribution in [0.5, 0.6) is 0 Å². The first-order chi connectivity index (χ1) is 18.3. The van der Waals surface area contributed by atoms with Crippen LogP contribution in [-0.2, 0) is 9.47 Å². The fourth-order valence-corrected chi connectivity index (χ4v) is 5.52. The number of benzene rings is 1. The second kappa shape index (κ2) is 9.40. The lowest BCUT2D eigenvalue weighted by molar-refractivity contribution is -0.0827. The van der Waals surface area contributed by atoms with Gasteiger partial charge in [0.1, 0.15) is 11.4 Å². The molecule has 5 heterocycles. The zero-order chi connectivity index (χ0) is 26.4. The monoisotopic (exact) mass is 512 g/mol. The quantitative estimate of drug-likeness (QED) is 0.415. The number of piperidine rings is 1. The number of aromatic nitrogens is 4. The fourth-order valence-electron chi connectivity index (χ4n) is 5.52. The molecule has 9 heteroatoms. The molecule has 2 atom stereocenters. The van der Waals surface area contributed by atoms with Crippen LogP contribution in [0.1, 0.15) is 45.2 Å². The normalized spacial score (nSPS) is 21.4. The highest BCUT2D eigenvalue weighted by atomic mass is 16.6. The number of hydrogen-bond donors (Lipinski definition) is 1. The topological polar surface area (TPSA) is 108 Å². The number of nitrogen functional groups attached to an aromatic ring is 1. The van der Waals surface area contributed by atoms with Crippen LogP contribution in [0.15, 0.2) is 60.9 Å². The number of amides is 1. The summed E-state index contributed by atoms with van der Waals surface area (Å²) in [5.74, 6) is 0.669. The predicted octanol–water partition coefficient (Wildman–Crippen LogP) is 4.92. The molecule has 9 nitrogen and oxygen atoms in total. The van der Waals surface area contributed by atoms with Crippen molar-refractivity contribution in [3.63, 3.8) is 0 Å². The number of morpholine rings is 1. The number of carbonyl (C=O) groups is 1. The van der Waals surface area contributed by atoms with Crippen molar-refractivity contribution in [3.8, 4) is 22.4 Å². The molecule has 2 aliphatic rings. The Labute approximate surface area is 221 Å². The molecule has 38 heavy (non-hydrogen) atoms. The van der Waals surface area contributed by atoms with Crippen molar-refractivity contribution in [1.29, 1.82) is 0 Å². The van der Waals surface area contributed by atoms with Gasteiger partial charge >= 0.3 is 6.09 Å². The molecule has 196 valence electrons. The summed E-state index contributed by atoms with van der Waals surface area (Å²) in [7, 11) is 0. The number of fused-ring (bicyclic) bond motifs is 3. The molecule has 0 radical (unpaired) electrons. The first kappa shape index (κ1) is 24.4. The van der Waals surface area contributed by atoms with Crippen molar-refractivity contribution in [2.24, 2.45) is 0 Å². The van der Waals surface area contributed by atoms with Crippen LogP contribution >= 0.6 is 0 Å². The minimum atomic E-state index is -0.545. The summed E-state index contributed by atoms with van der Waals surface area (Å²) in [5, 5.41) is 4.50. The van der Waals surface area contributed by atoms with Gasteiger partial charge in [0.15, 0.2) is 5.65 Å². The Hall–Kier alpha value is -3.98. The minimum Gasteiger partial charge on any atom is -0.444 e. The van der Waals surface area contributed by atoms with Gasteiger partial charge in [0.25, 0.3) is 0 Å². The van der Waals surface area contributed by atoms with E-state index >= 15 is 0 Å². The van der Waals surface area contributed by atoms with Gasteiger partial charge in [-0.1, -0.05) is 36.4 Å². The van der Waals surface area contributed by atoms with Crippen LogP contribution in [-0.4, -0.2) is 61.5 Å². The summed E-state index contributed by atoms with van der Waals surface area (Å²) in [6, 6.07) is 15.9. The third-order valence-corrected chi connectivity index (χ3v) is 7.21. The second-order valence-corrected chi connectivity index (χ2v) is 11.1. The van der Waals surface area contributed by atoms with Gasteiger partial charge in [0, 0.05) is 40.6 Å². The van der Waals surface area contributed by atoms with Crippen LogP contribution in [0.2, 0.25) is 0 Å². The van der Waals surface area contributed by atoms with Crippen molar-refractivity contribution >= 4 is 17.6 Å². The van der Waals surface area contributed by atoms with Gasteiger partial charge in [-0.05, 0) is 39.7 Å². The number of hydrogen-bond acceptors (Lipinski definition) is 7. The number of ether oxygens (including phenoxy) is 2. The van der Waals surface area contributed by atoms with E-state index in [1.807, 2.05) is 80.4 Å². The van der Waals surface area contributed by atoms with Crippen LogP contribution < -0.4 is 5.73 Å². The highest BCUT2D eigenvalue weighted by Gasteiger charge is 2.44. The first-order valence-corrected chi connectivity index (χ1v) is 13.0. The van der Waals surface area contributed by atoms with Crippen molar-refractivity contribution in [3.05, 3.63) is 66.6 Å². The molecule has 0 saturated carbocycles. The van der Waals surface area contributed by atoms with E-state index in [-0.39, 0.29) is 24.1 Å². The van der Waals surface area contributed by atoms with Gasteiger partial charge in [0.2, 0.25) is 0 Å². The molecule has 2 saturated heterocycles. The Kier molecular flexibility index (Phi) is 6.03. The molecular weight excluding hydrogens is 480 g/mol. The summed E-state index contributed by atoms with van der Waals surface area (Å²) in [4.78, 5) is 24.6. The van der Waals surface area contributed by atoms with Gasteiger partial charge in [-0.25, -0.2) is 9.78 Å². The van der Waals surface area contributed by atoms with Crippen molar-refractivity contribution in [2.45, 2.75) is 57.2 Å². The van der Waals surface area contributed by atoms with E-state index in [1.54, 1.807) is 10.7 Å². The average Bonchev–Trinajstić information content (AvgIpc) is 3.32. The Morgan fingerprint density at radius 1 is 1.03 bits per heavy atom. The minimum absolute atomic E-state index is 0.0688. The summed E-state index contributed by atoms with van der Waals surface area (Å²) < 4.78 is 13.2. The molecule has 2 bridgehead atoms. The third kappa shape index (κ3) is 4.58. The molecular formula is C29H32N6O3. The van der Waals surface area contributed by atoms with E-state index in [2.05, 4.69) is 10.1 Å². The molecule has 0 aliphatic carbocycles. The number of carbonyl (C=O) groups excluding carboxylic acids is 1. The predicted molar refractivity (Wildman–Crippen MR) is 145 cm³/mol. The Bertz CT molecular complexity index is 1450. The summed E-state index contributed by atoms with van der Waals surface area (Å²) in [5.41, 5.74) is 11.3. The van der Waals surface area contributed by atoms with E-state index in [9.17, 15) is 4.79 Å². The van der Waals surface area contributed by atoms with Crippen molar-refractivity contribution in [1.82, 2.24) is 24.5 Å². The molecule has 1 aromatic carbocycles. The van der Waals surface area contributed by atoms with E-state index in [0.717, 1.165) is 40.9 Å². The summed E-state index contributed by atoms with van der Waals surface area (Å²) >= 11 is 0. The molecule has 6 rings (SSSR count). The van der Waals surface area contributed by atoms with E-state index in [0.29, 0.717) is 24.7 Å². The molecule has 2 fully saturated rings. The molecule has 0 spiro atoms. The Morgan fingerprint density at radius 3 is 2.42 bits per heavy atom. The zero-order valence-electron chi connectivity index (χ0n) is 21.9. The largest absolute Gasteiger partial charge is 0.444 e. The SMILES string of the molecule is CC(C)(C)OC(=O)N1C2COCC1CC(c1cc(N)n3ncc(-c4ccc(-c5ccccc5)nc4)c3n1)C2. The van der Waals surface area contributed by atoms with Crippen LogP contribution in [0.25, 0.3) is 28.0 Å². The van der Waals surface area contributed by atoms with Crippen molar-refractivity contribution in [2.75, 3.05) is 18.9 Å². The lowest BCUT2D eigenvalue weighted by Gasteiger charge is -2.48. The molecule has 2 N–H and O–H groups in total. The number of nitrogens with zero attached hydrogens (tertiary/aromatic N) is 5. The summed E-state index contributed by atoms with van der Waals surface area (Å²) in [6.07, 6.45) is 4.83. The highest BCUT2D eigenvalue weighted by Crippen LogP contribution is 2.39. The highest BCUT2D eigenvalue weighted by molar-refractivity contribution is 5.78. The third-order valence-electron chi connectivity index (χ3n) is 7.21. The van der Waals surface area contributed by atoms with Crippen LogP contribution in [0.4, 0.5) is 10.6 Å². The number of pyridine rings is 1. The van der Waals surface area contributed by atoms with Crippen LogP contribution in [0, 0.1) is 0 Å². The van der Waals surface area contributed by atoms with E-state index in [4.69, 9.17) is 20.2 Å². The first-order valence-electron chi connectivity index (χ1n) is 13.0. The standard InChI is InChI=1S/C29H32N6O3/c1-29(2,3)38-28(36)34-21-11-20(12-22(34)17-37-16-21)25-13-26(30)35-27(33-25)23(15-32-35)19-9-10-24(31-14-19)18-7-5-4-6-8-18/h4-10,13-15,20-22H,11-12,16-17,30H2,1-3H3. The molecule has 4 aromatic rings. The number of rotatable bonds is 3. The van der Waals surface area contributed by atoms with Gasteiger partial charge < -0.3 is 15.2 Å². The molecule has 1 amide bonds. The maximum Gasteiger partial charge on any atom is 0.410 e. The van der Waals surface area contributed by atoms with Gasteiger partial charge in [-0.15, -0.1) is 0 Å². The smallest absolute Gasteiger partial charge is 0.410 e. The van der Waals surface area contributed by atoms with Crippen molar-refractivity contribution < 1.29 is 14.3 Å². The fraction of sp³-hybridized carbons (Fsp3) is 0.379. The molecule has 2 aliphatic heterocycles. The number of nitrogens with two attached hydrogens (primary N) is 1. The van der Waals surface area contributed by atoms with Crippen LogP contribution in [0.3, 0.4) is 0 Å². The summed E-state index contributed by atoms with van der Waals surface area (Å²) in [6.45, 7) is 6.64. The van der Waals surface area contributed by atoms with Gasteiger partial charge in [-0.2, -0.15) is 9.61 Å². The van der Waals surface area contributed by atoms with E-state index in [1.165, 1.54) is 0 Å². The maximum absolute atomic E-state index is 13.0. The molecule has 3 aromatic heterocycles. The maximum atomic E-state index is 13.0. The average molecular weight is 513 g/mol. The lowest BCUT2D eigenvalue weighted by atomic mass is 9.83. The lowest BCUT2D eigenvalue weighted by Crippen LogP contribution is -2.59. The van der Waals surface area contributed by atoms with Gasteiger partial charge in [0.05, 0.1) is 37.2 Å². The zero-order valence-corrected chi connectivity index (χ0v) is 21.9. The van der Waals surface area contributed by atoms with E-state index < -0.39 is 5.60 Å². The Balaban J connectivity index is 1.29. The number of anilines is 1.